The van der Waals surface area contributed by atoms with Crippen molar-refractivity contribution in [2.45, 2.75) is 20.3 Å². The van der Waals surface area contributed by atoms with Crippen LogP contribution in [-0.2, 0) is 0 Å². The predicted octanol–water partition coefficient (Wildman–Crippen LogP) is 2.17. The molecule has 0 amide bonds. The number of rotatable bonds is 6. The second-order valence-corrected chi connectivity index (χ2v) is 4.77. The molecule has 0 aromatic rings. The molecule has 0 atom stereocenters. The van der Waals surface area contributed by atoms with Gasteiger partial charge in [0.2, 0.25) is 0 Å². The van der Waals surface area contributed by atoms with E-state index in [0.29, 0.717) is 0 Å². The molecule has 96 valence electrons. The van der Waals surface area contributed by atoms with E-state index in [0.717, 1.165) is 30.9 Å². The van der Waals surface area contributed by atoms with Crippen LogP contribution in [0.1, 0.15) is 20.3 Å². The Bertz CT molecular complexity index is 286. The Kier molecular flexibility index (Phi) is 6.16. The van der Waals surface area contributed by atoms with E-state index < -0.39 is 0 Å². The minimum atomic E-state index is 0.832. The van der Waals surface area contributed by atoms with Crippen molar-refractivity contribution in [3.8, 4) is 0 Å². The summed E-state index contributed by atoms with van der Waals surface area (Å²) in [5.41, 5.74) is 1.90. The lowest BCUT2D eigenvalue weighted by atomic mass is 10.2. The van der Waals surface area contributed by atoms with Gasteiger partial charge in [-0.2, -0.15) is 0 Å². The van der Waals surface area contributed by atoms with E-state index in [4.69, 9.17) is 0 Å². The maximum atomic E-state index is 4.18. The molecule has 0 N–H and O–H groups in total. The summed E-state index contributed by atoms with van der Waals surface area (Å²) in [6.45, 7) is 18.7. The van der Waals surface area contributed by atoms with Gasteiger partial charge in [0.05, 0.1) is 0 Å². The fourth-order valence-electron chi connectivity index (χ4n) is 2.02. The summed E-state index contributed by atoms with van der Waals surface area (Å²) in [6, 6.07) is 0. The van der Waals surface area contributed by atoms with Crippen LogP contribution in [0.5, 0.6) is 0 Å². The first kappa shape index (κ1) is 14.1. The highest BCUT2D eigenvalue weighted by molar-refractivity contribution is 5.78. The number of allylic oxidation sites excluding steroid dienone is 1. The van der Waals surface area contributed by atoms with Gasteiger partial charge in [0, 0.05) is 44.6 Å². The molecule has 0 aromatic carbocycles. The molecule has 0 aliphatic carbocycles. The average Bonchev–Trinajstić information content (AvgIpc) is 2.29. The van der Waals surface area contributed by atoms with Gasteiger partial charge in [-0.1, -0.05) is 20.1 Å². The second-order valence-electron chi connectivity index (χ2n) is 4.77. The van der Waals surface area contributed by atoms with Gasteiger partial charge in [-0.3, -0.25) is 9.89 Å². The zero-order chi connectivity index (χ0) is 12.7. The molecule has 1 fully saturated rings. The van der Waals surface area contributed by atoms with E-state index in [9.17, 15) is 0 Å². The Balaban J connectivity index is 2.26. The highest BCUT2D eigenvalue weighted by Gasteiger charge is 2.15. The molecule has 1 heterocycles. The summed E-state index contributed by atoms with van der Waals surface area (Å²) in [4.78, 5) is 9.15. The first-order valence-corrected chi connectivity index (χ1v) is 6.44. The highest BCUT2D eigenvalue weighted by Crippen LogP contribution is 2.04. The van der Waals surface area contributed by atoms with Crippen LogP contribution >= 0.6 is 0 Å². The molecule has 0 saturated carbocycles. The largest absolute Gasteiger partial charge is 0.301 e. The molecule has 3 nitrogen and oxygen atoms in total. The van der Waals surface area contributed by atoms with Crippen molar-refractivity contribution < 1.29 is 0 Å². The van der Waals surface area contributed by atoms with Gasteiger partial charge in [-0.15, -0.1) is 0 Å². The minimum Gasteiger partial charge on any atom is -0.301 e. The van der Waals surface area contributed by atoms with Gasteiger partial charge in [0.15, 0.2) is 0 Å². The third kappa shape index (κ3) is 5.80. The molecule has 0 aromatic heterocycles. The van der Waals surface area contributed by atoms with Crippen molar-refractivity contribution in [2.75, 3.05) is 39.3 Å². The van der Waals surface area contributed by atoms with Crippen LogP contribution in [0.15, 0.2) is 29.4 Å². The molecule has 0 spiro atoms. The third-order valence-electron chi connectivity index (χ3n) is 2.90. The highest BCUT2D eigenvalue weighted by atomic mass is 15.3. The normalized spacial score (nSPS) is 18.7. The molecular formula is C14H25N3. The topological polar surface area (TPSA) is 18.8 Å². The van der Waals surface area contributed by atoms with E-state index >= 15 is 0 Å². The van der Waals surface area contributed by atoms with Crippen LogP contribution in [0.4, 0.5) is 0 Å². The number of hydrogen-bond donors (Lipinski definition) is 0. The van der Waals surface area contributed by atoms with E-state index in [1.165, 1.54) is 26.1 Å². The maximum Gasteiger partial charge on any atom is 0.0309 e. The lowest BCUT2D eigenvalue weighted by Gasteiger charge is -2.34. The number of piperazine rings is 1. The SMILES string of the molecule is C=C(C=NC(=C)C)CN1CCN(CCC)CC1. The third-order valence-corrected chi connectivity index (χ3v) is 2.90. The zero-order valence-corrected chi connectivity index (χ0v) is 11.3. The first-order chi connectivity index (χ1) is 8.11. The summed E-state index contributed by atoms with van der Waals surface area (Å²) in [6.07, 6.45) is 3.08. The van der Waals surface area contributed by atoms with E-state index in [2.05, 4.69) is 34.9 Å². The molecular weight excluding hydrogens is 210 g/mol. The van der Waals surface area contributed by atoms with Crippen molar-refractivity contribution in [3.05, 3.63) is 24.4 Å². The standard InChI is InChI=1S/C14H25N3/c1-5-6-16-7-9-17(10-8-16)12-14(4)11-15-13(2)3/h11H,2,4-10,12H2,1,3H3. The lowest BCUT2D eigenvalue weighted by molar-refractivity contribution is 0.142. The van der Waals surface area contributed by atoms with Crippen LogP contribution in [0.3, 0.4) is 0 Å². The monoisotopic (exact) mass is 235 g/mol. The van der Waals surface area contributed by atoms with Crippen molar-refractivity contribution in [1.29, 1.82) is 0 Å². The Morgan fingerprint density at radius 2 is 1.76 bits per heavy atom. The van der Waals surface area contributed by atoms with Gasteiger partial charge in [0.1, 0.15) is 0 Å². The minimum absolute atomic E-state index is 0.832. The summed E-state index contributed by atoms with van der Waals surface area (Å²) < 4.78 is 0. The van der Waals surface area contributed by atoms with Crippen LogP contribution in [0, 0.1) is 0 Å². The Labute approximate surface area is 106 Å². The number of hydrogen-bond acceptors (Lipinski definition) is 3. The summed E-state index contributed by atoms with van der Waals surface area (Å²) >= 11 is 0. The first-order valence-electron chi connectivity index (χ1n) is 6.44. The molecule has 1 saturated heterocycles. The summed E-state index contributed by atoms with van der Waals surface area (Å²) in [7, 11) is 0. The van der Waals surface area contributed by atoms with Gasteiger partial charge >= 0.3 is 0 Å². The predicted molar refractivity (Wildman–Crippen MR) is 75.6 cm³/mol. The Hall–Kier alpha value is -0.930. The van der Waals surface area contributed by atoms with Crippen molar-refractivity contribution in [3.63, 3.8) is 0 Å². The van der Waals surface area contributed by atoms with Gasteiger partial charge in [-0.25, -0.2) is 0 Å². The van der Waals surface area contributed by atoms with Crippen molar-refractivity contribution in [1.82, 2.24) is 9.80 Å². The van der Waals surface area contributed by atoms with E-state index in [-0.39, 0.29) is 0 Å². The molecule has 0 radical (unpaired) electrons. The molecule has 1 aliphatic rings. The average molecular weight is 235 g/mol. The Morgan fingerprint density at radius 3 is 2.29 bits per heavy atom. The van der Waals surface area contributed by atoms with Crippen molar-refractivity contribution >= 4 is 6.21 Å². The van der Waals surface area contributed by atoms with Gasteiger partial charge < -0.3 is 4.90 Å². The quantitative estimate of drug-likeness (QED) is 0.657. The summed E-state index contributed by atoms with van der Waals surface area (Å²) in [5.74, 6) is 0. The second kappa shape index (κ2) is 7.41. The van der Waals surface area contributed by atoms with Crippen LogP contribution in [0.2, 0.25) is 0 Å². The number of nitrogens with zero attached hydrogens (tertiary/aromatic N) is 3. The van der Waals surface area contributed by atoms with Gasteiger partial charge in [0.25, 0.3) is 0 Å². The van der Waals surface area contributed by atoms with E-state index in [1.54, 1.807) is 0 Å². The van der Waals surface area contributed by atoms with E-state index in [1.807, 2.05) is 13.1 Å². The molecule has 17 heavy (non-hydrogen) atoms. The molecule has 1 aliphatic heterocycles. The van der Waals surface area contributed by atoms with Crippen LogP contribution < -0.4 is 0 Å². The van der Waals surface area contributed by atoms with Crippen LogP contribution in [-0.4, -0.2) is 55.3 Å². The number of aliphatic imine (C=N–C) groups is 1. The Morgan fingerprint density at radius 1 is 1.18 bits per heavy atom. The smallest absolute Gasteiger partial charge is 0.0309 e. The lowest BCUT2D eigenvalue weighted by Crippen LogP contribution is -2.46. The fourth-order valence-corrected chi connectivity index (χ4v) is 2.02. The maximum absolute atomic E-state index is 4.18. The zero-order valence-electron chi connectivity index (χ0n) is 11.3. The molecule has 0 bridgehead atoms. The molecule has 1 rings (SSSR count). The van der Waals surface area contributed by atoms with Crippen LogP contribution in [0.25, 0.3) is 0 Å². The fraction of sp³-hybridized carbons (Fsp3) is 0.643. The van der Waals surface area contributed by atoms with Gasteiger partial charge in [-0.05, 0) is 25.5 Å². The molecule has 3 heteroatoms. The summed E-state index contributed by atoms with van der Waals surface area (Å²) in [5, 5.41) is 0. The van der Waals surface area contributed by atoms with Crippen molar-refractivity contribution in [2.24, 2.45) is 4.99 Å². The molecule has 0 unspecified atom stereocenters.